The first-order valence-electron chi connectivity index (χ1n) is 6.05. The van der Waals surface area contributed by atoms with E-state index in [1.807, 2.05) is 12.3 Å². The predicted octanol–water partition coefficient (Wildman–Crippen LogP) is 4.16. The van der Waals surface area contributed by atoms with Gasteiger partial charge in [-0.25, -0.2) is 0 Å². The van der Waals surface area contributed by atoms with Gasteiger partial charge in [-0.05, 0) is 36.6 Å². The molecule has 1 fully saturated rings. The molecule has 88 valence electrons. The number of ketones is 1. The Morgan fingerprint density at radius 1 is 1.29 bits per heavy atom. The van der Waals surface area contributed by atoms with Crippen LogP contribution in [-0.2, 0) is 4.79 Å². The van der Waals surface area contributed by atoms with Crippen molar-refractivity contribution < 1.29 is 4.79 Å². The van der Waals surface area contributed by atoms with Crippen molar-refractivity contribution in [2.24, 2.45) is 0 Å². The number of nitrogens with one attached hydrogen (secondary N) is 1. The van der Waals surface area contributed by atoms with E-state index in [2.05, 4.69) is 33.0 Å². The molecule has 1 aromatic carbocycles. The Hall–Kier alpha value is -1.09. The fourth-order valence-electron chi connectivity index (χ4n) is 2.71. The summed E-state index contributed by atoms with van der Waals surface area (Å²) < 4.78 is 1.06. The van der Waals surface area contributed by atoms with Gasteiger partial charge >= 0.3 is 0 Å². The van der Waals surface area contributed by atoms with Crippen LogP contribution in [0.4, 0.5) is 0 Å². The molecule has 1 aliphatic carbocycles. The molecular formula is C14H14BrNO. The van der Waals surface area contributed by atoms with Gasteiger partial charge in [0.15, 0.2) is 0 Å². The maximum atomic E-state index is 12.0. The highest BCUT2D eigenvalue weighted by Gasteiger charge is 2.25. The third kappa shape index (κ3) is 1.93. The molecule has 3 heteroatoms. The van der Waals surface area contributed by atoms with E-state index in [0.717, 1.165) is 35.7 Å². The van der Waals surface area contributed by atoms with Crippen LogP contribution >= 0.6 is 15.9 Å². The Labute approximate surface area is 109 Å². The van der Waals surface area contributed by atoms with E-state index < -0.39 is 0 Å². The lowest BCUT2D eigenvalue weighted by Crippen LogP contribution is -2.16. The molecular weight excluding hydrogens is 278 g/mol. The summed E-state index contributed by atoms with van der Waals surface area (Å²) in [6.07, 6.45) is 5.97. The molecule has 1 unspecified atom stereocenters. The Balaban J connectivity index is 2.10. The fourth-order valence-corrected chi connectivity index (χ4v) is 3.08. The first-order chi connectivity index (χ1) is 8.25. The summed E-state index contributed by atoms with van der Waals surface area (Å²) in [4.78, 5) is 15.3. The monoisotopic (exact) mass is 291 g/mol. The topological polar surface area (TPSA) is 32.9 Å². The molecule has 3 rings (SSSR count). The first kappa shape index (κ1) is 11.0. The number of hydrogen-bond donors (Lipinski definition) is 1. The molecule has 2 aromatic rings. The van der Waals surface area contributed by atoms with Crippen molar-refractivity contribution in [2.45, 2.75) is 31.6 Å². The van der Waals surface area contributed by atoms with Crippen molar-refractivity contribution >= 4 is 32.6 Å². The third-order valence-corrected chi connectivity index (χ3v) is 4.10. The molecule has 0 radical (unpaired) electrons. The number of fused-ring (bicyclic) bond motifs is 1. The van der Waals surface area contributed by atoms with Crippen molar-refractivity contribution in [3.8, 4) is 0 Å². The molecule has 0 saturated heterocycles. The second-order valence-corrected chi connectivity index (χ2v) is 5.61. The van der Waals surface area contributed by atoms with E-state index in [9.17, 15) is 4.79 Å². The van der Waals surface area contributed by atoms with E-state index in [1.165, 1.54) is 10.9 Å². The van der Waals surface area contributed by atoms with E-state index in [1.54, 1.807) is 0 Å². The molecule has 0 aliphatic heterocycles. The van der Waals surface area contributed by atoms with Gasteiger partial charge in [0.25, 0.3) is 0 Å². The van der Waals surface area contributed by atoms with Crippen LogP contribution < -0.4 is 0 Å². The van der Waals surface area contributed by atoms with Crippen molar-refractivity contribution in [1.82, 2.24) is 4.98 Å². The molecule has 0 spiro atoms. The summed E-state index contributed by atoms with van der Waals surface area (Å²) >= 11 is 3.49. The molecule has 1 N–H and O–H groups in total. The second kappa shape index (κ2) is 4.30. The van der Waals surface area contributed by atoms with Crippen LogP contribution in [0.25, 0.3) is 10.9 Å². The lowest BCUT2D eigenvalue weighted by Gasteiger charge is -2.19. The first-order valence-corrected chi connectivity index (χ1v) is 6.84. The van der Waals surface area contributed by atoms with Gasteiger partial charge in [0.1, 0.15) is 5.78 Å². The molecule has 1 aliphatic rings. The normalized spacial score (nSPS) is 21.0. The van der Waals surface area contributed by atoms with Gasteiger partial charge in [-0.1, -0.05) is 22.4 Å². The summed E-state index contributed by atoms with van der Waals surface area (Å²) in [6, 6.07) is 6.17. The van der Waals surface area contributed by atoms with Crippen molar-refractivity contribution in [3.63, 3.8) is 0 Å². The number of carbonyl (C=O) groups excluding carboxylic acids is 1. The van der Waals surface area contributed by atoms with Crippen LogP contribution in [0.15, 0.2) is 28.9 Å². The number of halogens is 1. The number of carbonyl (C=O) groups is 1. The summed E-state index contributed by atoms with van der Waals surface area (Å²) in [5.74, 6) is 0.504. The van der Waals surface area contributed by atoms with Crippen LogP contribution in [0.5, 0.6) is 0 Å². The Morgan fingerprint density at radius 2 is 2.18 bits per heavy atom. The SMILES string of the molecule is O=C1CCCCC1c1c[nH]c2ccc(Br)cc12. The molecule has 2 nitrogen and oxygen atoms in total. The van der Waals surface area contributed by atoms with Crippen molar-refractivity contribution in [3.05, 3.63) is 34.4 Å². The van der Waals surface area contributed by atoms with Gasteiger partial charge in [-0.2, -0.15) is 0 Å². The van der Waals surface area contributed by atoms with Gasteiger partial charge < -0.3 is 4.98 Å². The molecule has 17 heavy (non-hydrogen) atoms. The lowest BCUT2D eigenvalue weighted by atomic mass is 9.83. The number of benzene rings is 1. The van der Waals surface area contributed by atoms with E-state index >= 15 is 0 Å². The second-order valence-electron chi connectivity index (χ2n) is 4.70. The number of Topliss-reactive ketones (excluding diaryl/α,β-unsaturated/α-hetero) is 1. The quantitative estimate of drug-likeness (QED) is 0.841. The highest BCUT2D eigenvalue weighted by Crippen LogP contribution is 2.35. The highest BCUT2D eigenvalue weighted by molar-refractivity contribution is 9.10. The Bertz CT molecular complexity index is 573. The average Bonchev–Trinajstić information content (AvgIpc) is 2.72. The number of aromatic amines is 1. The Morgan fingerprint density at radius 3 is 3.00 bits per heavy atom. The smallest absolute Gasteiger partial charge is 0.140 e. The average molecular weight is 292 g/mol. The van der Waals surface area contributed by atoms with E-state index in [4.69, 9.17) is 0 Å². The standard InChI is InChI=1S/C14H14BrNO/c15-9-5-6-13-11(7-9)12(8-16-13)10-3-1-2-4-14(10)17/h5-8,10,16H,1-4H2. The zero-order chi connectivity index (χ0) is 11.8. The van der Waals surface area contributed by atoms with Gasteiger partial charge in [0.2, 0.25) is 0 Å². The summed E-state index contributed by atoms with van der Waals surface area (Å²) in [5.41, 5.74) is 2.28. The van der Waals surface area contributed by atoms with Gasteiger partial charge in [0, 0.05) is 33.9 Å². The summed E-state index contributed by atoms with van der Waals surface area (Å²) in [5, 5.41) is 1.18. The molecule has 0 amide bonds. The van der Waals surface area contributed by atoms with E-state index in [-0.39, 0.29) is 5.92 Å². The molecule has 1 aromatic heterocycles. The van der Waals surface area contributed by atoms with Crippen LogP contribution in [0.3, 0.4) is 0 Å². The van der Waals surface area contributed by atoms with Crippen LogP contribution in [0, 0.1) is 0 Å². The number of rotatable bonds is 1. The minimum Gasteiger partial charge on any atom is -0.361 e. The fraction of sp³-hybridized carbons (Fsp3) is 0.357. The van der Waals surface area contributed by atoms with Crippen LogP contribution in [-0.4, -0.2) is 10.8 Å². The number of hydrogen-bond acceptors (Lipinski definition) is 1. The van der Waals surface area contributed by atoms with Crippen molar-refractivity contribution in [1.29, 1.82) is 0 Å². The van der Waals surface area contributed by atoms with Gasteiger partial charge in [0.05, 0.1) is 0 Å². The third-order valence-electron chi connectivity index (χ3n) is 3.61. The Kier molecular flexibility index (Phi) is 2.79. The largest absolute Gasteiger partial charge is 0.361 e. The summed E-state index contributed by atoms with van der Waals surface area (Å²) in [7, 11) is 0. The summed E-state index contributed by atoms with van der Waals surface area (Å²) in [6.45, 7) is 0. The molecule has 1 atom stereocenters. The zero-order valence-corrected chi connectivity index (χ0v) is 11.1. The maximum absolute atomic E-state index is 12.0. The van der Waals surface area contributed by atoms with Gasteiger partial charge in [-0.15, -0.1) is 0 Å². The lowest BCUT2D eigenvalue weighted by molar-refractivity contribution is -0.121. The maximum Gasteiger partial charge on any atom is 0.140 e. The number of aromatic nitrogens is 1. The minimum atomic E-state index is 0.104. The molecule has 1 saturated carbocycles. The van der Waals surface area contributed by atoms with Crippen LogP contribution in [0.2, 0.25) is 0 Å². The van der Waals surface area contributed by atoms with Crippen LogP contribution in [0.1, 0.15) is 37.2 Å². The minimum absolute atomic E-state index is 0.104. The number of H-pyrrole nitrogens is 1. The molecule has 1 heterocycles. The highest BCUT2D eigenvalue weighted by atomic mass is 79.9. The van der Waals surface area contributed by atoms with Crippen molar-refractivity contribution in [2.75, 3.05) is 0 Å². The molecule has 0 bridgehead atoms. The van der Waals surface area contributed by atoms with Gasteiger partial charge in [-0.3, -0.25) is 4.79 Å². The predicted molar refractivity (Wildman–Crippen MR) is 72.2 cm³/mol. The zero-order valence-electron chi connectivity index (χ0n) is 9.50. The van der Waals surface area contributed by atoms with E-state index in [0.29, 0.717) is 5.78 Å².